The van der Waals surface area contributed by atoms with E-state index >= 15 is 0 Å². The zero-order valence-electron chi connectivity index (χ0n) is 15.2. The lowest BCUT2D eigenvalue weighted by molar-refractivity contribution is 0.415. The number of aliphatic imine (C=N–C) groups is 1. The highest BCUT2D eigenvalue weighted by Gasteiger charge is 2.25. The zero-order chi connectivity index (χ0) is 18.4. The van der Waals surface area contributed by atoms with Crippen molar-refractivity contribution < 1.29 is 4.74 Å². The fraction of sp³-hybridized carbons (Fsp3) is 0.421. The second-order valence-corrected chi connectivity index (χ2v) is 7.69. The van der Waals surface area contributed by atoms with Crippen LogP contribution in [-0.2, 0) is 6.42 Å². The fourth-order valence-electron chi connectivity index (χ4n) is 3.15. The van der Waals surface area contributed by atoms with Crippen LogP contribution in [0, 0.1) is 0 Å². The Bertz CT molecular complexity index is 735. The smallest absolute Gasteiger partial charge is 0.191 e. The molecular weight excluding hydrogens is 368 g/mol. The molecule has 3 rings (SSSR count). The van der Waals surface area contributed by atoms with E-state index in [2.05, 4.69) is 38.0 Å². The van der Waals surface area contributed by atoms with E-state index in [0.717, 1.165) is 54.9 Å². The van der Waals surface area contributed by atoms with Crippen molar-refractivity contribution in [1.82, 2.24) is 10.6 Å². The molecule has 2 N–H and O–H groups in total. The summed E-state index contributed by atoms with van der Waals surface area (Å²) in [4.78, 5) is 8.04. The molecule has 0 bridgehead atoms. The van der Waals surface area contributed by atoms with Gasteiger partial charge in [-0.05, 0) is 42.5 Å². The van der Waals surface area contributed by atoms with Gasteiger partial charge in [-0.1, -0.05) is 17.7 Å². The van der Waals surface area contributed by atoms with Gasteiger partial charge in [-0.3, -0.25) is 4.99 Å². The minimum Gasteiger partial charge on any atom is -0.495 e. The van der Waals surface area contributed by atoms with Gasteiger partial charge >= 0.3 is 0 Å². The predicted molar refractivity (Wildman–Crippen MR) is 111 cm³/mol. The van der Waals surface area contributed by atoms with Gasteiger partial charge in [0.1, 0.15) is 5.75 Å². The van der Waals surface area contributed by atoms with E-state index in [1.165, 1.54) is 4.88 Å². The number of halogens is 1. The van der Waals surface area contributed by atoms with Crippen LogP contribution in [0.2, 0.25) is 5.02 Å². The average molecular weight is 393 g/mol. The lowest BCUT2D eigenvalue weighted by Gasteiger charge is -2.22. The van der Waals surface area contributed by atoms with Crippen molar-refractivity contribution >= 4 is 34.6 Å². The largest absolute Gasteiger partial charge is 0.495 e. The number of methoxy groups -OCH3 is 1. The number of guanidine groups is 1. The van der Waals surface area contributed by atoms with E-state index in [9.17, 15) is 0 Å². The Hall–Kier alpha value is -1.92. The number of hydrogen-bond acceptors (Lipinski definition) is 4. The second-order valence-electron chi connectivity index (χ2n) is 6.22. The summed E-state index contributed by atoms with van der Waals surface area (Å²) < 4.78 is 5.48. The molecule has 1 saturated heterocycles. The first-order chi connectivity index (χ1) is 12.7. The molecule has 0 spiro atoms. The highest BCUT2D eigenvalue weighted by atomic mass is 35.5. The Kier molecular flexibility index (Phi) is 6.63. The predicted octanol–water partition coefficient (Wildman–Crippen LogP) is 3.40. The third-order valence-electron chi connectivity index (χ3n) is 4.48. The van der Waals surface area contributed by atoms with Crippen molar-refractivity contribution in [2.75, 3.05) is 38.7 Å². The van der Waals surface area contributed by atoms with Crippen LogP contribution in [0.3, 0.4) is 0 Å². The van der Waals surface area contributed by atoms with Gasteiger partial charge in [-0.15, -0.1) is 11.3 Å². The maximum atomic E-state index is 6.17. The molecule has 1 aliphatic heterocycles. The molecular formula is C19H25ClN4OS. The number of hydrogen-bond donors (Lipinski definition) is 2. The molecule has 1 aromatic heterocycles. The summed E-state index contributed by atoms with van der Waals surface area (Å²) >= 11 is 7.96. The van der Waals surface area contributed by atoms with Crippen molar-refractivity contribution in [3.05, 3.63) is 45.6 Å². The molecule has 5 nitrogen and oxygen atoms in total. The molecule has 7 heteroatoms. The fourth-order valence-corrected chi connectivity index (χ4v) is 4.03. The van der Waals surface area contributed by atoms with Gasteiger partial charge in [-0.25, -0.2) is 0 Å². The molecule has 0 aliphatic carbocycles. The normalized spacial score (nSPS) is 17.4. The van der Waals surface area contributed by atoms with Gasteiger partial charge in [0.05, 0.1) is 12.8 Å². The molecule has 1 fully saturated rings. The summed E-state index contributed by atoms with van der Waals surface area (Å²) in [5.41, 5.74) is 1.05. The molecule has 0 amide bonds. The summed E-state index contributed by atoms with van der Waals surface area (Å²) in [5, 5.41) is 9.76. The number of rotatable bonds is 6. The number of thiophene rings is 1. The Morgan fingerprint density at radius 3 is 3.04 bits per heavy atom. The molecule has 2 aromatic rings. The lowest BCUT2D eigenvalue weighted by Crippen LogP contribution is -2.45. The molecule has 0 saturated carbocycles. The Labute approximate surface area is 164 Å². The van der Waals surface area contributed by atoms with Gasteiger partial charge in [0.15, 0.2) is 5.96 Å². The zero-order valence-corrected chi connectivity index (χ0v) is 16.7. The van der Waals surface area contributed by atoms with Crippen LogP contribution >= 0.6 is 22.9 Å². The number of anilines is 1. The maximum absolute atomic E-state index is 6.17. The highest BCUT2D eigenvalue weighted by Crippen LogP contribution is 2.33. The number of nitrogens with one attached hydrogen (secondary N) is 2. The SMILES string of the molecule is CN=C(NCCc1cccs1)NC1CCN(c2cc(Cl)ccc2OC)C1. The highest BCUT2D eigenvalue weighted by molar-refractivity contribution is 7.09. The number of benzene rings is 1. The summed E-state index contributed by atoms with van der Waals surface area (Å²) in [6, 6.07) is 10.3. The van der Waals surface area contributed by atoms with Crippen molar-refractivity contribution in [2.45, 2.75) is 18.9 Å². The van der Waals surface area contributed by atoms with Crippen LogP contribution in [0.15, 0.2) is 40.7 Å². The first-order valence-corrected chi connectivity index (χ1v) is 10.0. The third kappa shape index (κ3) is 4.83. The summed E-state index contributed by atoms with van der Waals surface area (Å²) in [7, 11) is 3.51. The van der Waals surface area contributed by atoms with Crippen LogP contribution in [0.25, 0.3) is 0 Å². The van der Waals surface area contributed by atoms with E-state index in [1.807, 2.05) is 25.2 Å². The maximum Gasteiger partial charge on any atom is 0.191 e. The van der Waals surface area contributed by atoms with Crippen molar-refractivity contribution in [2.24, 2.45) is 4.99 Å². The summed E-state index contributed by atoms with van der Waals surface area (Å²) in [6.45, 7) is 2.72. The molecule has 140 valence electrons. The first-order valence-electron chi connectivity index (χ1n) is 8.77. The van der Waals surface area contributed by atoms with Crippen LogP contribution < -0.4 is 20.3 Å². The van der Waals surface area contributed by atoms with Crippen molar-refractivity contribution in [3.63, 3.8) is 0 Å². The molecule has 1 aliphatic rings. The van der Waals surface area contributed by atoms with Crippen LogP contribution in [0.1, 0.15) is 11.3 Å². The monoisotopic (exact) mass is 392 g/mol. The van der Waals surface area contributed by atoms with Crippen molar-refractivity contribution in [3.8, 4) is 5.75 Å². The van der Waals surface area contributed by atoms with E-state index in [1.54, 1.807) is 18.4 Å². The molecule has 26 heavy (non-hydrogen) atoms. The second kappa shape index (κ2) is 9.14. The molecule has 1 atom stereocenters. The van der Waals surface area contributed by atoms with E-state index < -0.39 is 0 Å². The van der Waals surface area contributed by atoms with Gasteiger partial charge in [-0.2, -0.15) is 0 Å². The standard InChI is InChI=1S/C19H25ClN4OS/c1-21-19(22-9-7-16-4-3-11-26-16)23-15-8-10-24(13-15)17-12-14(20)5-6-18(17)25-2/h3-6,11-12,15H,7-10,13H2,1-2H3,(H2,21,22,23). The van der Waals surface area contributed by atoms with Crippen molar-refractivity contribution in [1.29, 1.82) is 0 Å². The molecule has 1 aromatic carbocycles. The van der Waals surface area contributed by atoms with Gasteiger partial charge in [0.25, 0.3) is 0 Å². The van der Waals surface area contributed by atoms with Crippen LogP contribution in [0.5, 0.6) is 5.75 Å². The van der Waals surface area contributed by atoms with Gasteiger partial charge in [0.2, 0.25) is 0 Å². The lowest BCUT2D eigenvalue weighted by atomic mass is 10.2. The van der Waals surface area contributed by atoms with E-state index in [-0.39, 0.29) is 0 Å². The Morgan fingerprint density at radius 2 is 2.31 bits per heavy atom. The van der Waals surface area contributed by atoms with Gasteiger partial charge < -0.3 is 20.3 Å². The van der Waals surface area contributed by atoms with E-state index in [0.29, 0.717) is 6.04 Å². The molecule has 0 radical (unpaired) electrons. The van der Waals surface area contributed by atoms with E-state index in [4.69, 9.17) is 16.3 Å². The van der Waals surface area contributed by atoms with Crippen LogP contribution in [0.4, 0.5) is 5.69 Å². The molecule has 1 unspecified atom stereocenters. The third-order valence-corrected chi connectivity index (χ3v) is 5.65. The number of nitrogens with zero attached hydrogens (tertiary/aromatic N) is 2. The van der Waals surface area contributed by atoms with Crippen LogP contribution in [-0.4, -0.2) is 45.8 Å². The average Bonchev–Trinajstić information content (AvgIpc) is 3.32. The van der Waals surface area contributed by atoms with Gasteiger partial charge in [0, 0.05) is 42.6 Å². The Morgan fingerprint density at radius 1 is 1.42 bits per heavy atom. The Balaban J connectivity index is 1.52. The quantitative estimate of drug-likeness (QED) is 0.584. The minimum atomic E-state index is 0.339. The summed E-state index contributed by atoms with van der Waals surface area (Å²) in [5.74, 6) is 1.71. The molecule has 2 heterocycles. The minimum absolute atomic E-state index is 0.339. The topological polar surface area (TPSA) is 48.9 Å². The first kappa shape index (κ1) is 18.9. The number of ether oxygens (including phenoxy) is 1. The summed E-state index contributed by atoms with van der Waals surface area (Å²) in [6.07, 6.45) is 2.05.